The lowest BCUT2D eigenvalue weighted by Gasteiger charge is -2.33. The summed E-state index contributed by atoms with van der Waals surface area (Å²) in [5, 5.41) is 3.25. The van der Waals surface area contributed by atoms with Crippen LogP contribution in [0.25, 0.3) is 0 Å². The van der Waals surface area contributed by atoms with Crippen molar-refractivity contribution in [3.8, 4) is 11.5 Å². The van der Waals surface area contributed by atoms with Crippen molar-refractivity contribution in [3.05, 3.63) is 30.6 Å². The van der Waals surface area contributed by atoms with Gasteiger partial charge < -0.3 is 24.6 Å². The number of benzene rings is 1. The number of methoxy groups -OCH3 is 2. The van der Waals surface area contributed by atoms with E-state index in [1.807, 2.05) is 24.3 Å². The Hall–Kier alpha value is -3.03. The van der Waals surface area contributed by atoms with Crippen LogP contribution < -0.4 is 19.7 Å². The molecule has 0 bridgehead atoms. The molecular formula is C17H21N5O3. The fourth-order valence-electron chi connectivity index (χ4n) is 2.69. The van der Waals surface area contributed by atoms with Gasteiger partial charge in [-0.05, 0) is 12.1 Å². The van der Waals surface area contributed by atoms with Crippen molar-refractivity contribution in [2.45, 2.75) is 0 Å². The highest BCUT2D eigenvalue weighted by molar-refractivity contribution is 5.67. The maximum atomic E-state index is 10.8. The van der Waals surface area contributed by atoms with Crippen LogP contribution in [0.4, 0.5) is 17.3 Å². The van der Waals surface area contributed by atoms with Gasteiger partial charge in [-0.3, -0.25) is 4.79 Å². The van der Waals surface area contributed by atoms with E-state index in [0.717, 1.165) is 36.8 Å². The summed E-state index contributed by atoms with van der Waals surface area (Å²) in [4.78, 5) is 23.3. The largest absolute Gasteiger partial charge is 0.497 e. The molecule has 0 saturated carbocycles. The van der Waals surface area contributed by atoms with E-state index in [4.69, 9.17) is 9.47 Å². The second-order valence-electron chi connectivity index (χ2n) is 5.58. The maximum Gasteiger partial charge on any atom is 0.209 e. The average molecular weight is 343 g/mol. The van der Waals surface area contributed by atoms with Gasteiger partial charge in [-0.25, -0.2) is 9.97 Å². The highest BCUT2D eigenvalue weighted by Gasteiger charge is 2.17. The molecule has 2 heterocycles. The zero-order chi connectivity index (χ0) is 17.6. The Labute approximate surface area is 146 Å². The van der Waals surface area contributed by atoms with Crippen molar-refractivity contribution in [2.75, 3.05) is 50.6 Å². The Bertz CT molecular complexity index is 732. The second-order valence-corrected chi connectivity index (χ2v) is 5.58. The van der Waals surface area contributed by atoms with Gasteiger partial charge in [0.25, 0.3) is 0 Å². The standard InChI is InChI=1S/C17H21N5O3/c1-24-13-3-4-15(25-2)14(9-13)20-16-10-17(19-11-18-16)22-7-5-21(12-23)6-8-22/h3-4,9-12H,5-8H2,1-2H3,(H,18,19,20). The molecule has 1 aliphatic rings. The van der Waals surface area contributed by atoms with Crippen molar-refractivity contribution in [1.82, 2.24) is 14.9 Å². The Balaban J connectivity index is 1.77. The number of nitrogens with one attached hydrogen (secondary N) is 1. The highest BCUT2D eigenvalue weighted by atomic mass is 16.5. The smallest absolute Gasteiger partial charge is 0.209 e. The molecule has 1 N–H and O–H groups in total. The van der Waals surface area contributed by atoms with Gasteiger partial charge >= 0.3 is 0 Å². The molecule has 3 rings (SSSR count). The van der Waals surface area contributed by atoms with Gasteiger partial charge in [0.2, 0.25) is 6.41 Å². The van der Waals surface area contributed by atoms with Gasteiger partial charge in [-0.2, -0.15) is 0 Å². The Morgan fingerprint density at radius 1 is 1.08 bits per heavy atom. The third kappa shape index (κ3) is 3.90. The highest BCUT2D eigenvalue weighted by Crippen LogP contribution is 2.31. The normalized spacial score (nSPS) is 14.2. The molecule has 0 spiro atoms. The van der Waals surface area contributed by atoms with E-state index in [9.17, 15) is 4.79 Å². The molecule has 8 nitrogen and oxygen atoms in total. The van der Waals surface area contributed by atoms with Crippen molar-refractivity contribution in [2.24, 2.45) is 0 Å². The first-order valence-electron chi connectivity index (χ1n) is 7.99. The lowest BCUT2D eigenvalue weighted by molar-refractivity contribution is -0.118. The molecule has 8 heteroatoms. The van der Waals surface area contributed by atoms with Crippen LogP contribution in [0.5, 0.6) is 11.5 Å². The van der Waals surface area contributed by atoms with Gasteiger partial charge in [0.1, 0.15) is 29.5 Å². The minimum Gasteiger partial charge on any atom is -0.497 e. The predicted molar refractivity (Wildman–Crippen MR) is 94.7 cm³/mol. The van der Waals surface area contributed by atoms with Crippen LogP contribution in [0.3, 0.4) is 0 Å². The molecule has 0 aliphatic carbocycles. The number of aromatic nitrogens is 2. The van der Waals surface area contributed by atoms with Crippen LogP contribution in [0.2, 0.25) is 0 Å². The molecule has 1 amide bonds. The number of hydrogen-bond acceptors (Lipinski definition) is 7. The monoisotopic (exact) mass is 343 g/mol. The maximum absolute atomic E-state index is 10.8. The summed E-state index contributed by atoms with van der Waals surface area (Å²) in [6, 6.07) is 7.41. The van der Waals surface area contributed by atoms with Gasteiger partial charge in [-0.15, -0.1) is 0 Å². The first kappa shape index (κ1) is 16.8. The summed E-state index contributed by atoms with van der Waals surface area (Å²) < 4.78 is 10.6. The number of ether oxygens (including phenoxy) is 2. The summed E-state index contributed by atoms with van der Waals surface area (Å²) in [5.74, 6) is 2.91. The average Bonchev–Trinajstić information content (AvgIpc) is 2.68. The van der Waals surface area contributed by atoms with E-state index >= 15 is 0 Å². The van der Waals surface area contributed by atoms with Crippen LogP contribution in [0, 0.1) is 0 Å². The van der Waals surface area contributed by atoms with Crippen molar-refractivity contribution < 1.29 is 14.3 Å². The first-order chi connectivity index (χ1) is 12.2. The zero-order valence-corrected chi connectivity index (χ0v) is 14.3. The molecule has 1 aromatic heterocycles. The van der Waals surface area contributed by atoms with Gasteiger partial charge in [0.15, 0.2) is 0 Å². The zero-order valence-electron chi connectivity index (χ0n) is 14.3. The van der Waals surface area contributed by atoms with E-state index in [2.05, 4.69) is 20.2 Å². The second kappa shape index (κ2) is 7.69. The molecule has 1 aromatic carbocycles. The summed E-state index contributed by atoms with van der Waals surface area (Å²) in [6.45, 7) is 2.88. The third-order valence-corrected chi connectivity index (χ3v) is 4.11. The quantitative estimate of drug-likeness (QED) is 0.797. The number of carbonyl (C=O) groups excluding carboxylic acids is 1. The minimum atomic E-state index is 0.661. The number of hydrogen-bond donors (Lipinski definition) is 1. The van der Waals surface area contributed by atoms with E-state index in [-0.39, 0.29) is 0 Å². The number of rotatable bonds is 6. The van der Waals surface area contributed by atoms with E-state index in [0.29, 0.717) is 24.7 Å². The predicted octanol–water partition coefficient (Wildman–Crippen LogP) is 1.52. The van der Waals surface area contributed by atoms with Crippen molar-refractivity contribution >= 4 is 23.7 Å². The van der Waals surface area contributed by atoms with Crippen LogP contribution >= 0.6 is 0 Å². The Morgan fingerprint density at radius 2 is 1.88 bits per heavy atom. The molecule has 25 heavy (non-hydrogen) atoms. The Kier molecular flexibility index (Phi) is 5.17. The molecule has 0 atom stereocenters. The van der Waals surface area contributed by atoms with Crippen LogP contribution in [-0.4, -0.2) is 61.7 Å². The molecule has 1 saturated heterocycles. The number of nitrogens with zero attached hydrogens (tertiary/aromatic N) is 4. The number of carbonyl (C=O) groups is 1. The van der Waals surface area contributed by atoms with Crippen LogP contribution in [0.15, 0.2) is 30.6 Å². The molecule has 0 radical (unpaired) electrons. The lowest BCUT2D eigenvalue weighted by Crippen LogP contribution is -2.46. The van der Waals surface area contributed by atoms with E-state index in [1.54, 1.807) is 19.1 Å². The summed E-state index contributed by atoms with van der Waals surface area (Å²) >= 11 is 0. The molecular weight excluding hydrogens is 322 g/mol. The summed E-state index contributed by atoms with van der Waals surface area (Å²) in [6.07, 6.45) is 2.41. The fraction of sp³-hybridized carbons (Fsp3) is 0.353. The lowest BCUT2D eigenvalue weighted by atomic mass is 10.2. The van der Waals surface area contributed by atoms with Crippen LogP contribution in [0.1, 0.15) is 0 Å². The minimum absolute atomic E-state index is 0.661. The topological polar surface area (TPSA) is 79.8 Å². The van der Waals surface area contributed by atoms with Gasteiger partial charge in [-0.1, -0.05) is 0 Å². The van der Waals surface area contributed by atoms with E-state index < -0.39 is 0 Å². The molecule has 1 aliphatic heterocycles. The molecule has 132 valence electrons. The fourth-order valence-corrected chi connectivity index (χ4v) is 2.69. The van der Waals surface area contributed by atoms with Crippen molar-refractivity contribution in [1.29, 1.82) is 0 Å². The molecule has 2 aromatic rings. The molecule has 1 fully saturated rings. The number of amides is 1. The summed E-state index contributed by atoms with van der Waals surface area (Å²) in [7, 11) is 3.23. The summed E-state index contributed by atoms with van der Waals surface area (Å²) in [5.41, 5.74) is 0.761. The number of anilines is 3. The van der Waals surface area contributed by atoms with E-state index in [1.165, 1.54) is 6.33 Å². The van der Waals surface area contributed by atoms with Crippen molar-refractivity contribution in [3.63, 3.8) is 0 Å². The number of piperazine rings is 1. The van der Waals surface area contributed by atoms with Crippen LogP contribution in [-0.2, 0) is 4.79 Å². The first-order valence-corrected chi connectivity index (χ1v) is 7.99. The third-order valence-electron chi connectivity index (χ3n) is 4.11. The molecule has 0 unspecified atom stereocenters. The van der Waals surface area contributed by atoms with Gasteiger partial charge in [0.05, 0.1) is 19.9 Å². The Morgan fingerprint density at radius 3 is 2.56 bits per heavy atom. The SMILES string of the molecule is COc1ccc(OC)c(Nc2cc(N3CCN(C=O)CC3)ncn2)c1. The van der Waals surface area contributed by atoms with Gasteiger partial charge in [0, 0.05) is 38.3 Å².